The fourth-order valence-corrected chi connectivity index (χ4v) is 2.91. The van der Waals surface area contributed by atoms with Crippen molar-refractivity contribution in [1.82, 2.24) is 0 Å². The maximum Gasteiger partial charge on any atom is 0.156 e. The summed E-state index contributed by atoms with van der Waals surface area (Å²) in [5.41, 5.74) is 6.46. The minimum absolute atomic E-state index is 0.585. The summed E-state index contributed by atoms with van der Waals surface area (Å²) < 4.78 is 6.54. The number of nitrogen functional groups attached to an aromatic ring is 1. The van der Waals surface area contributed by atoms with Crippen LogP contribution in [0.15, 0.2) is 16.6 Å². The molecule has 0 bridgehead atoms. The van der Waals surface area contributed by atoms with Crippen molar-refractivity contribution in [2.45, 2.75) is 51.9 Å². The molecule has 2 N–H and O–H groups in total. The SMILES string of the molecule is CCCCCCCCCOc1c(N)cc(Cl)cc1Br. The Labute approximate surface area is 129 Å². The molecular formula is C15H23BrClNO. The monoisotopic (exact) mass is 347 g/mol. The first-order chi connectivity index (χ1) is 9.15. The standard InChI is InChI=1S/C15H23BrClNO/c1-2-3-4-5-6-7-8-9-19-15-13(16)10-12(17)11-14(15)18/h10-11H,2-9,18H2,1H3. The summed E-state index contributed by atoms with van der Waals surface area (Å²) in [7, 11) is 0. The molecular weight excluding hydrogens is 326 g/mol. The predicted octanol–water partition coefficient (Wildman–Crippen LogP) is 5.81. The number of ether oxygens (including phenoxy) is 1. The van der Waals surface area contributed by atoms with Crippen molar-refractivity contribution in [2.24, 2.45) is 0 Å². The van der Waals surface area contributed by atoms with Crippen LogP contribution >= 0.6 is 27.5 Å². The number of rotatable bonds is 9. The number of anilines is 1. The van der Waals surface area contributed by atoms with Gasteiger partial charge in [-0.3, -0.25) is 0 Å². The van der Waals surface area contributed by atoms with Crippen molar-refractivity contribution >= 4 is 33.2 Å². The Hall–Kier alpha value is -0.410. The van der Waals surface area contributed by atoms with Gasteiger partial charge in [-0.25, -0.2) is 0 Å². The Kier molecular flexibility index (Phi) is 8.31. The Morgan fingerprint density at radius 1 is 1.11 bits per heavy atom. The molecule has 19 heavy (non-hydrogen) atoms. The molecule has 0 saturated heterocycles. The Morgan fingerprint density at radius 2 is 1.74 bits per heavy atom. The zero-order valence-corrected chi connectivity index (χ0v) is 13.9. The van der Waals surface area contributed by atoms with Gasteiger partial charge in [0.2, 0.25) is 0 Å². The molecule has 0 fully saturated rings. The number of nitrogens with two attached hydrogens (primary N) is 1. The third kappa shape index (κ3) is 6.53. The molecule has 1 rings (SSSR count). The molecule has 108 valence electrons. The molecule has 0 heterocycles. The van der Waals surface area contributed by atoms with Crippen LogP contribution in [0, 0.1) is 0 Å². The molecule has 0 atom stereocenters. The van der Waals surface area contributed by atoms with Gasteiger partial charge in [0, 0.05) is 5.02 Å². The fraction of sp³-hybridized carbons (Fsp3) is 0.600. The van der Waals surface area contributed by atoms with Crippen molar-refractivity contribution in [3.63, 3.8) is 0 Å². The normalized spacial score (nSPS) is 10.7. The molecule has 0 aliphatic rings. The smallest absolute Gasteiger partial charge is 0.156 e. The predicted molar refractivity (Wildman–Crippen MR) is 87.1 cm³/mol. The van der Waals surface area contributed by atoms with Crippen LogP contribution in [0.2, 0.25) is 5.02 Å². The van der Waals surface area contributed by atoms with E-state index in [1.165, 1.54) is 38.5 Å². The van der Waals surface area contributed by atoms with E-state index in [-0.39, 0.29) is 0 Å². The Balaban J connectivity index is 2.19. The van der Waals surface area contributed by atoms with Crippen LogP contribution in [0.4, 0.5) is 5.69 Å². The maximum absolute atomic E-state index is 5.90. The van der Waals surface area contributed by atoms with Gasteiger partial charge < -0.3 is 10.5 Å². The zero-order chi connectivity index (χ0) is 14.1. The number of unbranched alkanes of at least 4 members (excludes halogenated alkanes) is 6. The highest BCUT2D eigenvalue weighted by molar-refractivity contribution is 9.10. The number of hydrogen-bond donors (Lipinski definition) is 1. The van der Waals surface area contributed by atoms with Crippen LogP contribution in [0.25, 0.3) is 0 Å². The largest absolute Gasteiger partial charge is 0.490 e. The van der Waals surface area contributed by atoms with Crippen LogP contribution in [-0.4, -0.2) is 6.61 Å². The summed E-state index contributed by atoms with van der Waals surface area (Å²) in [6.07, 6.45) is 8.92. The highest BCUT2D eigenvalue weighted by Gasteiger charge is 2.07. The summed E-state index contributed by atoms with van der Waals surface area (Å²) in [6.45, 7) is 2.94. The van der Waals surface area contributed by atoms with Crippen LogP contribution in [0.5, 0.6) is 5.75 Å². The number of halogens is 2. The van der Waals surface area contributed by atoms with E-state index in [1.807, 2.05) is 0 Å². The van der Waals surface area contributed by atoms with Crippen LogP contribution in [0.1, 0.15) is 51.9 Å². The first kappa shape index (κ1) is 16.6. The van der Waals surface area contributed by atoms with Crippen LogP contribution < -0.4 is 10.5 Å². The minimum atomic E-state index is 0.585. The Bertz CT molecular complexity index is 361. The van der Waals surface area contributed by atoms with Gasteiger partial charge in [-0.2, -0.15) is 0 Å². The van der Waals surface area contributed by atoms with E-state index < -0.39 is 0 Å². The second-order valence-corrected chi connectivity index (χ2v) is 6.07. The van der Waals surface area contributed by atoms with E-state index in [1.54, 1.807) is 12.1 Å². The molecule has 0 unspecified atom stereocenters. The summed E-state index contributed by atoms with van der Waals surface area (Å²) >= 11 is 9.32. The molecule has 2 nitrogen and oxygen atoms in total. The first-order valence-electron chi connectivity index (χ1n) is 7.02. The molecule has 0 radical (unpaired) electrons. The lowest BCUT2D eigenvalue weighted by molar-refractivity contribution is 0.304. The fourth-order valence-electron chi connectivity index (χ4n) is 1.97. The molecule has 4 heteroatoms. The van der Waals surface area contributed by atoms with E-state index in [2.05, 4.69) is 22.9 Å². The minimum Gasteiger partial charge on any atom is -0.490 e. The molecule has 0 aliphatic heterocycles. The van der Waals surface area contributed by atoms with Crippen molar-refractivity contribution in [2.75, 3.05) is 12.3 Å². The van der Waals surface area contributed by atoms with Gasteiger partial charge in [0.15, 0.2) is 5.75 Å². The zero-order valence-electron chi connectivity index (χ0n) is 11.6. The van der Waals surface area contributed by atoms with Crippen molar-refractivity contribution in [1.29, 1.82) is 0 Å². The maximum atomic E-state index is 5.90. The lowest BCUT2D eigenvalue weighted by Crippen LogP contribution is -2.01. The third-order valence-electron chi connectivity index (χ3n) is 3.03. The average Bonchev–Trinajstić information content (AvgIpc) is 2.35. The van der Waals surface area contributed by atoms with Crippen LogP contribution in [-0.2, 0) is 0 Å². The van der Waals surface area contributed by atoms with Gasteiger partial charge in [0.05, 0.1) is 16.8 Å². The summed E-state index contributed by atoms with van der Waals surface area (Å²) in [5.74, 6) is 0.704. The molecule has 0 amide bonds. The average molecular weight is 349 g/mol. The summed E-state index contributed by atoms with van der Waals surface area (Å²) in [6, 6.07) is 3.52. The molecule has 0 saturated carbocycles. The lowest BCUT2D eigenvalue weighted by Gasteiger charge is -2.11. The summed E-state index contributed by atoms with van der Waals surface area (Å²) in [5, 5.41) is 0.618. The lowest BCUT2D eigenvalue weighted by atomic mass is 10.1. The van der Waals surface area contributed by atoms with Gasteiger partial charge in [0.1, 0.15) is 0 Å². The number of hydrogen-bond acceptors (Lipinski definition) is 2. The van der Waals surface area contributed by atoms with Crippen molar-refractivity contribution < 1.29 is 4.74 Å². The number of benzene rings is 1. The summed E-state index contributed by atoms with van der Waals surface area (Å²) in [4.78, 5) is 0. The van der Waals surface area contributed by atoms with Crippen LogP contribution in [0.3, 0.4) is 0 Å². The molecule has 0 aliphatic carbocycles. The highest BCUT2D eigenvalue weighted by Crippen LogP contribution is 2.34. The van der Waals surface area contributed by atoms with Gasteiger partial charge in [0.25, 0.3) is 0 Å². The third-order valence-corrected chi connectivity index (χ3v) is 3.84. The van der Waals surface area contributed by atoms with Crippen molar-refractivity contribution in [3.05, 3.63) is 21.6 Å². The quantitative estimate of drug-likeness (QED) is 0.451. The second-order valence-electron chi connectivity index (χ2n) is 4.78. The van der Waals surface area contributed by atoms with E-state index >= 15 is 0 Å². The Morgan fingerprint density at radius 3 is 2.37 bits per heavy atom. The molecule has 1 aromatic carbocycles. The van der Waals surface area contributed by atoms with Gasteiger partial charge in [-0.05, 0) is 34.5 Å². The van der Waals surface area contributed by atoms with Gasteiger partial charge in [-0.1, -0.05) is 57.0 Å². The van der Waals surface area contributed by atoms with E-state index in [9.17, 15) is 0 Å². The molecule has 1 aromatic rings. The second kappa shape index (κ2) is 9.49. The van der Waals surface area contributed by atoms with E-state index in [0.29, 0.717) is 23.1 Å². The first-order valence-corrected chi connectivity index (χ1v) is 8.19. The van der Waals surface area contributed by atoms with E-state index in [4.69, 9.17) is 22.1 Å². The topological polar surface area (TPSA) is 35.2 Å². The molecule has 0 aromatic heterocycles. The van der Waals surface area contributed by atoms with Gasteiger partial charge in [-0.15, -0.1) is 0 Å². The highest BCUT2D eigenvalue weighted by atomic mass is 79.9. The van der Waals surface area contributed by atoms with Gasteiger partial charge >= 0.3 is 0 Å². The van der Waals surface area contributed by atoms with Crippen molar-refractivity contribution in [3.8, 4) is 5.75 Å². The van der Waals surface area contributed by atoms with E-state index in [0.717, 1.165) is 10.9 Å². The molecule has 0 spiro atoms.